The molecule has 0 saturated carbocycles. The third-order valence-electron chi connectivity index (χ3n) is 2.71. The summed E-state index contributed by atoms with van der Waals surface area (Å²) in [7, 11) is 1.22. The summed E-state index contributed by atoms with van der Waals surface area (Å²) in [6.45, 7) is 3.62. The lowest BCUT2D eigenvalue weighted by Crippen LogP contribution is -2.19. The normalized spacial score (nSPS) is 11.5. The number of esters is 2. The van der Waals surface area contributed by atoms with Gasteiger partial charge in [-0.2, -0.15) is 0 Å². The van der Waals surface area contributed by atoms with Gasteiger partial charge in [0.05, 0.1) is 31.0 Å². The zero-order chi connectivity index (χ0) is 15.0. The van der Waals surface area contributed by atoms with Crippen molar-refractivity contribution >= 4 is 11.9 Å². The first kappa shape index (κ1) is 15.9. The third-order valence-corrected chi connectivity index (χ3v) is 2.71. The van der Waals surface area contributed by atoms with E-state index in [4.69, 9.17) is 4.74 Å². The molecule has 1 aromatic carbocycles. The SMILES string of the molecule is C=C(C(=O)OC)C(O)CCCOC(=O)c1ccccc1. The molecule has 0 heterocycles. The van der Waals surface area contributed by atoms with Gasteiger partial charge in [-0.1, -0.05) is 24.8 Å². The predicted molar refractivity (Wildman–Crippen MR) is 73.1 cm³/mol. The molecule has 108 valence electrons. The van der Waals surface area contributed by atoms with Gasteiger partial charge in [0.1, 0.15) is 0 Å². The maximum atomic E-state index is 11.6. The molecule has 0 saturated heterocycles. The number of rotatable bonds is 7. The molecule has 0 aliphatic rings. The van der Waals surface area contributed by atoms with Crippen molar-refractivity contribution in [2.45, 2.75) is 18.9 Å². The van der Waals surface area contributed by atoms with Gasteiger partial charge in [-0.25, -0.2) is 9.59 Å². The molecule has 1 aromatic rings. The lowest BCUT2D eigenvalue weighted by atomic mass is 10.1. The van der Waals surface area contributed by atoms with Crippen LogP contribution in [0.3, 0.4) is 0 Å². The van der Waals surface area contributed by atoms with E-state index < -0.39 is 18.0 Å². The van der Waals surface area contributed by atoms with Gasteiger partial charge in [0.25, 0.3) is 0 Å². The molecule has 0 amide bonds. The van der Waals surface area contributed by atoms with Crippen molar-refractivity contribution in [2.24, 2.45) is 0 Å². The maximum Gasteiger partial charge on any atom is 0.338 e. The van der Waals surface area contributed by atoms with E-state index in [-0.39, 0.29) is 18.6 Å². The summed E-state index contributed by atoms with van der Waals surface area (Å²) in [5, 5.41) is 9.66. The molecule has 1 atom stereocenters. The van der Waals surface area contributed by atoms with Gasteiger partial charge < -0.3 is 14.6 Å². The topological polar surface area (TPSA) is 72.8 Å². The Kier molecular flexibility index (Phi) is 6.46. The van der Waals surface area contributed by atoms with Gasteiger partial charge >= 0.3 is 11.9 Å². The Labute approximate surface area is 117 Å². The van der Waals surface area contributed by atoms with Crippen LogP contribution < -0.4 is 0 Å². The minimum atomic E-state index is -0.988. The fourth-order valence-electron chi connectivity index (χ4n) is 1.54. The standard InChI is InChI=1S/C15H18O5/c1-11(14(17)19-2)13(16)9-6-10-20-15(18)12-7-4-3-5-8-12/h3-5,7-8,13,16H,1,6,9-10H2,2H3. The zero-order valence-corrected chi connectivity index (χ0v) is 11.4. The van der Waals surface area contributed by atoms with Gasteiger partial charge in [0.2, 0.25) is 0 Å². The van der Waals surface area contributed by atoms with Gasteiger partial charge in [-0.05, 0) is 25.0 Å². The summed E-state index contributed by atoms with van der Waals surface area (Å²) in [5.41, 5.74) is 0.480. The number of methoxy groups -OCH3 is 1. The van der Waals surface area contributed by atoms with Crippen LogP contribution in [0.2, 0.25) is 0 Å². The van der Waals surface area contributed by atoms with Crippen LogP contribution in [0.1, 0.15) is 23.2 Å². The number of aliphatic hydroxyl groups excluding tert-OH is 1. The number of hydrogen-bond donors (Lipinski definition) is 1. The second-order valence-electron chi connectivity index (χ2n) is 4.18. The molecule has 0 aromatic heterocycles. The Morgan fingerprint density at radius 2 is 1.95 bits per heavy atom. The number of hydrogen-bond acceptors (Lipinski definition) is 5. The first-order valence-corrected chi connectivity index (χ1v) is 6.23. The van der Waals surface area contributed by atoms with Crippen LogP contribution >= 0.6 is 0 Å². The smallest absolute Gasteiger partial charge is 0.338 e. The number of benzene rings is 1. The molecule has 0 fully saturated rings. The molecule has 5 nitrogen and oxygen atoms in total. The Morgan fingerprint density at radius 1 is 1.30 bits per heavy atom. The summed E-state index contributed by atoms with van der Waals surface area (Å²) in [6.07, 6.45) is -0.288. The summed E-state index contributed by atoms with van der Waals surface area (Å²) >= 11 is 0. The molecule has 1 rings (SSSR count). The second-order valence-corrected chi connectivity index (χ2v) is 4.18. The largest absolute Gasteiger partial charge is 0.466 e. The third kappa shape index (κ3) is 4.85. The van der Waals surface area contributed by atoms with E-state index in [1.165, 1.54) is 7.11 Å². The van der Waals surface area contributed by atoms with Gasteiger partial charge in [0.15, 0.2) is 0 Å². The van der Waals surface area contributed by atoms with E-state index in [1.54, 1.807) is 24.3 Å². The average molecular weight is 278 g/mol. The lowest BCUT2D eigenvalue weighted by Gasteiger charge is -2.11. The van der Waals surface area contributed by atoms with Crippen molar-refractivity contribution in [3.8, 4) is 0 Å². The van der Waals surface area contributed by atoms with E-state index in [0.29, 0.717) is 12.0 Å². The molecule has 0 bridgehead atoms. The zero-order valence-electron chi connectivity index (χ0n) is 11.4. The molecular weight excluding hydrogens is 260 g/mol. The Morgan fingerprint density at radius 3 is 2.55 bits per heavy atom. The second kappa shape index (κ2) is 8.12. The minimum absolute atomic E-state index is 0.00175. The van der Waals surface area contributed by atoms with Crippen molar-refractivity contribution in [1.82, 2.24) is 0 Å². The van der Waals surface area contributed by atoms with E-state index in [9.17, 15) is 14.7 Å². The Balaban J connectivity index is 2.27. The van der Waals surface area contributed by atoms with E-state index in [2.05, 4.69) is 11.3 Å². The predicted octanol–water partition coefficient (Wildman–Crippen LogP) is 1.71. The maximum absolute atomic E-state index is 11.6. The van der Waals surface area contributed by atoms with Gasteiger partial charge in [0, 0.05) is 0 Å². The van der Waals surface area contributed by atoms with Gasteiger partial charge in [-0.15, -0.1) is 0 Å². The fraction of sp³-hybridized carbons (Fsp3) is 0.333. The molecule has 0 radical (unpaired) electrons. The minimum Gasteiger partial charge on any atom is -0.466 e. The highest BCUT2D eigenvalue weighted by molar-refractivity contribution is 5.89. The molecule has 0 aliphatic heterocycles. The number of carbonyl (C=O) groups is 2. The van der Waals surface area contributed by atoms with Crippen LogP contribution in [0.15, 0.2) is 42.5 Å². The fourth-order valence-corrected chi connectivity index (χ4v) is 1.54. The van der Waals surface area contributed by atoms with Crippen molar-refractivity contribution in [3.63, 3.8) is 0 Å². The van der Waals surface area contributed by atoms with Crippen molar-refractivity contribution in [3.05, 3.63) is 48.0 Å². The van der Waals surface area contributed by atoms with Crippen LogP contribution in [-0.4, -0.2) is 36.9 Å². The summed E-state index contributed by atoms with van der Waals surface area (Å²) in [6, 6.07) is 8.64. The van der Waals surface area contributed by atoms with Crippen LogP contribution in [0.4, 0.5) is 0 Å². The molecule has 1 unspecified atom stereocenters. The van der Waals surface area contributed by atoms with Crippen LogP contribution in [0, 0.1) is 0 Å². The molecule has 20 heavy (non-hydrogen) atoms. The van der Waals surface area contributed by atoms with E-state index in [1.807, 2.05) is 6.07 Å². The summed E-state index contributed by atoms with van der Waals surface area (Å²) < 4.78 is 9.50. The number of aliphatic hydroxyl groups is 1. The highest BCUT2D eigenvalue weighted by Gasteiger charge is 2.16. The molecule has 1 N–H and O–H groups in total. The first-order valence-electron chi connectivity index (χ1n) is 6.23. The Hall–Kier alpha value is -2.14. The van der Waals surface area contributed by atoms with Crippen molar-refractivity contribution in [2.75, 3.05) is 13.7 Å². The van der Waals surface area contributed by atoms with E-state index >= 15 is 0 Å². The van der Waals surface area contributed by atoms with Gasteiger partial charge in [-0.3, -0.25) is 0 Å². The van der Waals surface area contributed by atoms with E-state index in [0.717, 1.165) is 0 Å². The van der Waals surface area contributed by atoms with Crippen LogP contribution in [0.25, 0.3) is 0 Å². The van der Waals surface area contributed by atoms with Crippen LogP contribution in [0.5, 0.6) is 0 Å². The summed E-state index contributed by atoms with van der Waals surface area (Å²) in [4.78, 5) is 22.7. The molecule has 0 aliphatic carbocycles. The quantitative estimate of drug-likeness (QED) is 0.467. The highest BCUT2D eigenvalue weighted by atomic mass is 16.5. The average Bonchev–Trinajstić information content (AvgIpc) is 2.50. The van der Waals surface area contributed by atoms with Crippen LogP contribution in [-0.2, 0) is 14.3 Å². The highest BCUT2D eigenvalue weighted by Crippen LogP contribution is 2.09. The monoisotopic (exact) mass is 278 g/mol. The van der Waals surface area contributed by atoms with Crippen molar-refractivity contribution < 1.29 is 24.2 Å². The first-order chi connectivity index (χ1) is 9.56. The van der Waals surface area contributed by atoms with Crippen molar-refractivity contribution in [1.29, 1.82) is 0 Å². The molecule has 5 heteroatoms. The Bertz CT molecular complexity index is 466. The molecule has 0 spiro atoms. The number of ether oxygens (including phenoxy) is 2. The number of carbonyl (C=O) groups excluding carboxylic acids is 2. The molecular formula is C15H18O5. The summed E-state index contributed by atoms with van der Waals surface area (Å²) in [5.74, 6) is -1.05. The lowest BCUT2D eigenvalue weighted by molar-refractivity contribution is -0.137.